The van der Waals surface area contributed by atoms with Crippen molar-refractivity contribution in [1.29, 1.82) is 0 Å². The van der Waals surface area contributed by atoms with E-state index in [0.29, 0.717) is 6.04 Å². The van der Waals surface area contributed by atoms with Crippen LogP contribution in [0.3, 0.4) is 0 Å². The van der Waals surface area contributed by atoms with E-state index in [1.165, 1.54) is 25.7 Å². The van der Waals surface area contributed by atoms with E-state index in [4.69, 9.17) is 0 Å². The second-order valence-electron chi connectivity index (χ2n) is 5.36. The number of H-pyrrole nitrogens is 1. The Hall–Kier alpha value is -1.39. The van der Waals surface area contributed by atoms with Gasteiger partial charge in [0.05, 0.1) is 0 Å². The number of carbonyl (C=O) groups excluding carboxylic acids is 1. The Morgan fingerprint density at radius 3 is 2.50 bits per heavy atom. The number of aromatic nitrogens is 3. The highest BCUT2D eigenvalue weighted by Gasteiger charge is 2.19. The smallest absolute Gasteiger partial charge is 0.291 e. The highest BCUT2D eigenvalue weighted by molar-refractivity contribution is 5.90. The number of carbonyl (C=O) groups is 1. The minimum absolute atomic E-state index is 0.148. The Labute approximate surface area is 108 Å². The number of amides is 1. The van der Waals surface area contributed by atoms with Crippen LogP contribution in [0.1, 0.15) is 74.7 Å². The van der Waals surface area contributed by atoms with E-state index in [-0.39, 0.29) is 17.6 Å². The van der Waals surface area contributed by atoms with E-state index < -0.39 is 0 Å². The molecule has 0 aromatic carbocycles. The Balaban J connectivity index is 1.93. The molecule has 1 fully saturated rings. The SMILES string of the molecule is CC(C)c1nc(C(=O)NC2CCCCCC2)n[nH]1. The predicted octanol–water partition coefficient (Wildman–Crippen LogP) is 2.38. The Morgan fingerprint density at radius 1 is 1.28 bits per heavy atom. The molecule has 1 saturated carbocycles. The lowest BCUT2D eigenvalue weighted by Gasteiger charge is -2.14. The van der Waals surface area contributed by atoms with Crippen LogP contribution < -0.4 is 5.32 Å². The topological polar surface area (TPSA) is 70.7 Å². The van der Waals surface area contributed by atoms with E-state index in [1.807, 2.05) is 13.8 Å². The van der Waals surface area contributed by atoms with Crippen molar-refractivity contribution >= 4 is 5.91 Å². The molecule has 1 aromatic heterocycles. The van der Waals surface area contributed by atoms with Crippen molar-refractivity contribution in [2.24, 2.45) is 0 Å². The fraction of sp³-hybridized carbons (Fsp3) is 0.769. The minimum Gasteiger partial charge on any atom is -0.347 e. The summed E-state index contributed by atoms with van der Waals surface area (Å²) in [6, 6.07) is 0.293. The van der Waals surface area contributed by atoms with Gasteiger partial charge in [-0.1, -0.05) is 39.5 Å². The summed E-state index contributed by atoms with van der Waals surface area (Å²) in [6.45, 7) is 4.04. The fourth-order valence-electron chi connectivity index (χ4n) is 2.31. The molecule has 0 unspecified atom stereocenters. The van der Waals surface area contributed by atoms with Gasteiger partial charge < -0.3 is 5.32 Å². The molecule has 18 heavy (non-hydrogen) atoms. The summed E-state index contributed by atoms with van der Waals surface area (Å²) < 4.78 is 0. The van der Waals surface area contributed by atoms with Crippen LogP contribution in [0, 0.1) is 0 Å². The van der Waals surface area contributed by atoms with Gasteiger partial charge in [-0.25, -0.2) is 4.98 Å². The van der Waals surface area contributed by atoms with Crippen molar-refractivity contribution in [3.63, 3.8) is 0 Å². The Morgan fingerprint density at radius 2 is 1.94 bits per heavy atom. The van der Waals surface area contributed by atoms with E-state index in [2.05, 4.69) is 20.5 Å². The summed E-state index contributed by atoms with van der Waals surface area (Å²) in [4.78, 5) is 16.2. The number of hydrogen-bond donors (Lipinski definition) is 2. The molecule has 100 valence electrons. The highest BCUT2D eigenvalue weighted by atomic mass is 16.2. The second-order valence-corrected chi connectivity index (χ2v) is 5.36. The molecule has 0 bridgehead atoms. The van der Waals surface area contributed by atoms with Crippen LogP contribution in [0.5, 0.6) is 0 Å². The van der Waals surface area contributed by atoms with E-state index >= 15 is 0 Å². The zero-order valence-electron chi connectivity index (χ0n) is 11.2. The maximum absolute atomic E-state index is 12.0. The fourth-order valence-corrected chi connectivity index (χ4v) is 2.31. The summed E-state index contributed by atoms with van der Waals surface area (Å²) in [5.74, 6) is 1.14. The molecule has 0 atom stereocenters. The first-order valence-corrected chi connectivity index (χ1v) is 6.90. The van der Waals surface area contributed by atoms with Crippen LogP contribution in [0.4, 0.5) is 0 Å². The van der Waals surface area contributed by atoms with Gasteiger partial charge in [0.1, 0.15) is 5.82 Å². The number of nitrogens with one attached hydrogen (secondary N) is 2. The standard InChI is InChI=1S/C13H22N4O/c1-9(2)11-15-12(17-16-11)13(18)14-10-7-5-3-4-6-8-10/h9-10H,3-8H2,1-2H3,(H,14,18)(H,15,16,17). The number of nitrogens with zero attached hydrogens (tertiary/aromatic N) is 2. The molecule has 5 heteroatoms. The Bertz CT molecular complexity index is 391. The van der Waals surface area contributed by atoms with Gasteiger partial charge in [0.2, 0.25) is 5.82 Å². The van der Waals surface area contributed by atoms with Crippen molar-refractivity contribution in [3.8, 4) is 0 Å². The van der Waals surface area contributed by atoms with E-state index in [1.54, 1.807) is 0 Å². The first kappa shape index (κ1) is 13.1. The van der Waals surface area contributed by atoms with Crippen molar-refractivity contribution in [2.45, 2.75) is 64.3 Å². The third-order valence-corrected chi connectivity index (χ3v) is 3.44. The molecule has 5 nitrogen and oxygen atoms in total. The number of aromatic amines is 1. The Kier molecular flexibility index (Phi) is 4.33. The lowest BCUT2D eigenvalue weighted by atomic mass is 10.1. The molecule has 0 aliphatic heterocycles. The lowest BCUT2D eigenvalue weighted by molar-refractivity contribution is 0.0923. The molecule has 1 aliphatic carbocycles. The molecule has 1 aliphatic rings. The molecular weight excluding hydrogens is 228 g/mol. The minimum atomic E-state index is -0.148. The van der Waals surface area contributed by atoms with Crippen LogP contribution in [0.2, 0.25) is 0 Å². The molecule has 2 rings (SSSR count). The van der Waals surface area contributed by atoms with Gasteiger partial charge in [0.25, 0.3) is 5.91 Å². The average Bonchev–Trinajstić information content (AvgIpc) is 2.70. The highest BCUT2D eigenvalue weighted by Crippen LogP contribution is 2.17. The molecular formula is C13H22N4O. The van der Waals surface area contributed by atoms with E-state index in [0.717, 1.165) is 18.7 Å². The summed E-state index contributed by atoms with van der Waals surface area (Å²) in [5, 5.41) is 9.84. The maximum Gasteiger partial charge on any atom is 0.291 e. The molecule has 0 spiro atoms. The average molecular weight is 250 g/mol. The predicted molar refractivity (Wildman–Crippen MR) is 69.4 cm³/mol. The quantitative estimate of drug-likeness (QED) is 0.809. The molecule has 0 radical (unpaired) electrons. The summed E-state index contributed by atoms with van der Waals surface area (Å²) >= 11 is 0. The van der Waals surface area contributed by atoms with Crippen LogP contribution in [0.15, 0.2) is 0 Å². The van der Waals surface area contributed by atoms with Gasteiger partial charge in [0.15, 0.2) is 0 Å². The summed E-state index contributed by atoms with van der Waals surface area (Å²) in [6.07, 6.45) is 7.13. The molecule has 1 amide bonds. The van der Waals surface area contributed by atoms with Gasteiger partial charge in [-0.3, -0.25) is 9.89 Å². The molecule has 2 N–H and O–H groups in total. The summed E-state index contributed by atoms with van der Waals surface area (Å²) in [5.41, 5.74) is 0. The lowest BCUT2D eigenvalue weighted by Crippen LogP contribution is -2.35. The molecule has 1 aromatic rings. The molecule has 0 saturated heterocycles. The van der Waals surface area contributed by atoms with Gasteiger partial charge in [0, 0.05) is 12.0 Å². The van der Waals surface area contributed by atoms with Gasteiger partial charge in [-0.2, -0.15) is 0 Å². The zero-order valence-corrected chi connectivity index (χ0v) is 11.2. The van der Waals surface area contributed by atoms with Crippen molar-refractivity contribution < 1.29 is 4.79 Å². The van der Waals surface area contributed by atoms with Crippen molar-refractivity contribution in [2.75, 3.05) is 0 Å². The third-order valence-electron chi connectivity index (χ3n) is 3.44. The number of rotatable bonds is 3. The first-order valence-electron chi connectivity index (χ1n) is 6.90. The zero-order chi connectivity index (χ0) is 13.0. The van der Waals surface area contributed by atoms with Crippen LogP contribution >= 0.6 is 0 Å². The first-order chi connectivity index (χ1) is 8.66. The van der Waals surface area contributed by atoms with Crippen LogP contribution in [0.25, 0.3) is 0 Å². The van der Waals surface area contributed by atoms with Gasteiger partial charge in [-0.05, 0) is 12.8 Å². The second kappa shape index (κ2) is 5.98. The monoisotopic (exact) mass is 250 g/mol. The van der Waals surface area contributed by atoms with Crippen molar-refractivity contribution in [1.82, 2.24) is 20.5 Å². The summed E-state index contributed by atoms with van der Waals surface area (Å²) in [7, 11) is 0. The van der Waals surface area contributed by atoms with E-state index in [9.17, 15) is 4.79 Å². The van der Waals surface area contributed by atoms with Crippen molar-refractivity contribution in [3.05, 3.63) is 11.6 Å². The largest absolute Gasteiger partial charge is 0.347 e. The normalized spacial score (nSPS) is 17.7. The number of hydrogen-bond acceptors (Lipinski definition) is 3. The van der Waals surface area contributed by atoms with Gasteiger partial charge in [-0.15, -0.1) is 5.10 Å². The van der Waals surface area contributed by atoms with Gasteiger partial charge >= 0.3 is 0 Å². The maximum atomic E-state index is 12.0. The van der Waals surface area contributed by atoms with Crippen LogP contribution in [-0.4, -0.2) is 27.1 Å². The van der Waals surface area contributed by atoms with Crippen LogP contribution in [-0.2, 0) is 0 Å². The third kappa shape index (κ3) is 3.31. The molecule has 1 heterocycles.